The monoisotopic (exact) mass is 590 g/mol. The number of likely N-dealkylation sites (N-methyl/N-ethyl adjacent to an activating group) is 1. The van der Waals surface area contributed by atoms with E-state index in [1.807, 2.05) is 42.7 Å². The molecule has 2 heterocycles. The molecular weight excluding hydrogens is 559 g/mol. The zero-order valence-electron chi connectivity index (χ0n) is 23.4. The molecule has 0 saturated heterocycles. The van der Waals surface area contributed by atoms with Crippen LogP contribution in [0.15, 0.2) is 73.1 Å². The third-order valence-electron chi connectivity index (χ3n) is 7.32. The molecule has 212 valence electrons. The molecule has 7 nitrogen and oxygen atoms in total. The summed E-state index contributed by atoms with van der Waals surface area (Å²) in [5, 5.41) is 16.0. The number of para-hydroxylation sites is 1. The average Bonchev–Trinajstić information content (AvgIpc) is 3.54. The Morgan fingerprint density at radius 1 is 1.07 bits per heavy atom. The van der Waals surface area contributed by atoms with Crippen LogP contribution in [0.4, 0.5) is 5.69 Å². The number of hydrogen-bond donors (Lipinski definition) is 1. The van der Waals surface area contributed by atoms with Crippen molar-refractivity contribution in [1.82, 2.24) is 14.3 Å². The van der Waals surface area contributed by atoms with Crippen molar-refractivity contribution in [2.24, 2.45) is 0 Å². The van der Waals surface area contributed by atoms with Crippen molar-refractivity contribution in [2.75, 3.05) is 18.5 Å². The molecule has 9 heteroatoms. The highest BCUT2D eigenvalue weighted by Gasteiger charge is 2.19. The van der Waals surface area contributed by atoms with Crippen LogP contribution in [0.2, 0.25) is 10.0 Å². The normalized spacial score (nSPS) is 11.4. The molecule has 5 rings (SSSR count). The van der Waals surface area contributed by atoms with E-state index in [4.69, 9.17) is 27.9 Å². The topological polar surface area (TPSA) is 72.5 Å². The van der Waals surface area contributed by atoms with Crippen LogP contribution in [-0.2, 0) is 13.2 Å². The fourth-order valence-electron chi connectivity index (χ4n) is 5.09. The van der Waals surface area contributed by atoms with E-state index >= 15 is 0 Å². The SMILES string of the molecule is Cc1cc(OCc2c(C(C)C)cnn2-c2c(Cl)cccc2Cl)ccc1N(C)CCn1ccc2ccc(C(=O)O)cc21. The first-order valence-electron chi connectivity index (χ1n) is 13.4. The van der Waals surface area contributed by atoms with E-state index in [9.17, 15) is 9.90 Å². The number of hydrogen-bond acceptors (Lipinski definition) is 4. The van der Waals surface area contributed by atoms with Gasteiger partial charge in [-0.2, -0.15) is 5.10 Å². The van der Waals surface area contributed by atoms with E-state index in [2.05, 4.69) is 48.5 Å². The van der Waals surface area contributed by atoms with Gasteiger partial charge < -0.3 is 19.3 Å². The van der Waals surface area contributed by atoms with E-state index in [1.165, 1.54) is 0 Å². The molecular formula is C32H32Cl2N4O3. The Kier molecular flexibility index (Phi) is 8.29. The van der Waals surface area contributed by atoms with Gasteiger partial charge in [-0.1, -0.05) is 49.2 Å². The number of carbonyl (C=O) groups is 1. The number of halogens is 2. The molecule has 0 spiro atoms. The van der Waals surface area contributed by atoms with Crippen LogP contribution in [0.25, 0.3) is 16.6 Å². The fourth-order valence-corrected chi connectivity index (χ4v) is 5.64. The molecule has 0 aliphatic rings. The lowest BCUT2D eigenvalue weighted by molar-refractivity contribution is 0.0697. The Morgan fingerprint density at radius 3 is 2.51 bits per heavy atom. The molecule has 0 saturated carbocycles. The number of aromatic carboxylic acids is 1. The zero-order valence-corrected chi connectivity index (χ0v) is 24.9. The van der Waals surface area contributed by atoms with Crippen molar-refractivity contribution in [1.29, 1.82) is 0 Å². The number of benzene rings is 3. The van der Waals surface area contributed by atoms with E-state index < -0.39 is 5.97 Å². The average molecular weight is 592 g/mol. The molecule has 0 atom stereocenters. The predicted molar refractivity (Wildman–Crippen MR) is 165 cm³/mol. The first-order valence-corrected chi connectivity index (χ1v) is 14.2. The largest absolute Gasteiger partial charge is 0.487 e. The summed E-state index contributed by atoms with van der Waals surface area (Å²) in [7, 11) is 2.05. The number of ether oxygens (including phenoxy) is 1. The van der Waals surface area contributed by atoms with Crippen molar-refractivity contribution in [3.05, 3.63) is 105 Å². The number of fused-ring (bicyclic) bond motifs is 1. The van der Waals surface area contributed by atoms with Gasteiger partial charge in [-0.25, -0.2) is 9.48 Å². The molecule has 41 heavy (non-hydrogen) atoms. The standard InChI is InChI=1S/C32H32Cl2N4O3/c1-20(2)25-18-35-38(31-26(33)6-5-7-27(31)34)30(25)19-41-24-10-11-28(21(3)16-24)36(4)14-15-37-13-12-22-8-9-23(32(39)40)17-29(22)37/h5-13,16-18,20H,14-15,19H2,1-4H3,(H,39,40). The Hall–Kier alpha value is -3.94. The summed E-state index contributed by atoms with van der Waals surface area (Å²) in [6.07, 6.45) is 3.85. The highest BCUT2D eigenvalue weighted by Crippen LogP contribution is 2.32. The number of nitrogens with zero attached hydrogens (tertiary/aromatic N) is 4. The second-order valence-corrected chi connectivity index (χ2v) is 11.2. The third-order valence-corrected chi connectivity index (χ3v) is 7.93. The van der Waals surface area contributed by atoms with Crippen molar-refractivity contribution >= 4 is 45.8 Å². The van der Waals surface area contributed by atoms with E-state index in [1.54, 1.807) is 28.9 Å². The number of aromatic nitrogens is 3. The Morgan fingerprint density at radius 2 is 1.83 bits per heavy atom. The van der Waals surface area contributed by atoms with Gasteiger partial charge in [0.25, 0.3) is 0 Å². The first kappa shape index (κ1) is 28.6. The van der Waals surface area contributed by atoms with Crippen molar-refractivity contribution in [2.45, 2.75) is 39.8 Å². The maximum absolute atomic E-state index is 11.4. The molecule has 5 aromatic rings. The van der Waals surface area contributed by atoms with E-state index in [0.29, 0.717) is 28.9 Å². The van der Waals surface area contributed by atoms with Crippen LogP contribution in [0.1, 0.15) is 46.9 Å². The highest BCUT2D eigenvalue weighted by molar-refractivity contribution is 6.37. The minimum absolute atomic E-state index is 0.245. The second-order valence-electron chi connectivity index (χ2n) is 10.4. The minimum atomic E-state index is -0.924. The van der Waals surface area contributed by atoms with Crippen molar-refractivity contribution < 1.29 is 14.6 Å². The second kappa shape index (κ2) is 11.9. The van der Waals surface area contributed by atoms with Crippen molar-refractivity contribution in [3.8, 4) is 11.4 Å². The predicted octanol–water partition coefficient (Wildman–Crippen LogP) is 7.98. The van der Waals surface area contributed by atoms with Crippen LogP contribution in [0.3, 0.4) is 0 Å². The molecule has 0 aliphatic carbocycles. The molecule has 0 fully saturated rings. The Balaban J connectivity index is 1.30. The Labute approximate surface area is 249 Å². The Bertz CT molecular complexity index is 1700. The van der Waals surface area contributed by atoms with Gasteiger partial charge in [0, 0.05) is 37.5 Å². The maximum Gasteiger partial charge on any atom is 0.335 e. The molecule has 0 amide bonds. The van der Waals surface area contributed by atoms with Crippen LogP contribution >= 0.6 is 23.2 Å². The number of rotatable bonds is 10. The smallest absolute Gasteiger partial charge is 0.335 e. The maximum atomic E-state index is 11.4. The van der Waals surface area contributed by atoms with Gasteiger partial charge in [-0.05, 0) is 77.9 Å². The quantitative estimate of drug-likeness (QED) is 0.178. The lowest BCUT2D eigenvalue weighted by Gasteiger charge is -2.23. The highest BCUT2D eigenvalue weighted by atomic mass is 35.5. The number of anilines is 1. The van der Waals surface area contributed by atoms with E-state index in [-0.39, 0.29) is 11.5 Å². The lowest BCUT2D eigenvalue weighted by Crippen LogP contribution is -2.23. The van der Waals surface area contributed by atoms with Gasteiger partial charge in [0.05, 0.1) is 27.5 Å². The first-order chi connectivity index (χ1) is 19.6. The minimum Gasteiger partial charge on any atom is -0.487 e. The summed E-state index contributed by atoms with van der Waals surface area (Å²) >= 11 is 13.0. The molecule has 0 unspecified atom stereocenters. The summed E-state index contributed by atoms with van der Waals surface area (Å²) in [5.74, 6) is 0.0757. The summed E-state index contributed by atoms with van der Waals surface area (Å²) in [5.41, 5.74) is 6.00. The third kappa shape index (κ3) is 5.92. The van der Waals surface area contributed by atoms with E-state index in [0.717, 1.165) is 45.7 Å². The molecule has 0 bridgehead atoms. The van der Waals surface area contributed by atoms with Crippen LogP contribution in [-0.4, -0.2) is 39.0 Å². The van der Waals surface area contributed by atoms with Gasteiger partial charge in [-0.15, -0.1) is 0 Å². The molecule has 2 aromatic heterocycles. The molecule has 0 radical (unpaired) electrons. The van der Waals surface area contributed by atoms with Crippen LogP contribution < -0.4 is 9.64 Å². The van der Waals surface area contributed by atoms with Gasteiger partial charge in [-0.3, -0.25) is 0 Å². The number of carboxylic acids is 1. The summed E-state index contributed by atoms with van der Waals surface area (Å²) in [6, 6.07) is 18.7. The van der Waals surface area contributed by atoms with Crippen LogP contribution in [0, 0.1) is 6.92 Å². The number of aryl methyl sites for hydroxylation is 1. The number of carboxylic acid groups (broad SMARTS) is 1. The molecule has 1 N–H and O–H groups in total. The zero-order chi connectivity index (χ0) is 29.3. The van der Waals surface area contributed by atoms with Crippen molar-refractivity contribution in [3.63, 3.8) is 0 Å². The summed E-state index contributed by atoms with van der Waals surface area (Å²) < 4.78 is 10.1. The van der Waals surface area contributed by atoms with Gasteiger partial charge >= 0.3 is 5.97 Å². The molecule has 3 aromatic carbocycles. The summed E-state index contributed by atoms with van der Waals surface area (Å²) in [6.45, 7) is 8.08. The fraction of sp³-hybridized carbons (Fsp3) is 0.250. The van der Waals surface area contributed by atoms with Crippen LogP contribution in [0.5, 0.6) is 5.75 Å². The lowest BCUT2D eigenvalue weighted by atomic mass is 10.0. The van der Waals surface area contributed by atoms with Gasteiger partial charge in [0.2, 0.25) is 0 Å². The summed E-state index contributed by atoms with van der Waals surface area (Å²) in [4.78, 5) is 13.6. The van der Waals surface area contributed by atoms with Gasteiger partial charge in [0.15, 0.2) is 0 Å². The molecule has 0 aliphatic heterocycles. The van der Waals surface area contributed by atoms with Gasteiger partial charge in [0.1, 0.15) is 18.0 Å².